The van der Waals surface area contributed by atoms with Crippen LogP contribution in [0.5, 0.6) is 0 Å². The standard InChI is InChI=1S/C24H28N2O2.ClH/c1-25-22-12-4-2-8-19(22)16-18(21-11-3-5-13-23(21)25)9-6-14-26-15-7-10-20(17-26)24(27)28;/h2-5,8,11-13,16,20H,6-7,9-10,14-15,17H2,1H3,(H,27,28);1H/t20-;/m1./s1. The van der Waals surface area contributed by atoms with E-state index in [2.05, 4.69) is 71.5 Å². The predicted octanol–water partition coefficient (Wildman–Crippen LogP) is 5.31. The predicted molar refractivity (Wildman–Crippen MR) is 122 cm³/mol. The molecule has 5 heteroatoms. The number of benzene rings is 2. The van der Waals surface area contributed by atoms with Gasteiger partial charge in [-0.25, -0.2) is 0 Å². The molecule has 1 fully saturated rings. The molecule has 2 heterocycles. The van der Waals surface area contributed by atoms with E-state index in [0.717, 1.165) is 38.8 Å². The van der Waals surface area contributed by atoms with Crippen molar-refractivity contribution in [2.45, 2.75) is 25.7 Å². The number of nitrogens with zero attached hydrogens (tertiary/aromatic N) is 2. The van der Waals surface area contributed by atoms with Gasteiger partial charge in [0.15, 0.2) is 0 Å². The molecule has 0 spiro atoms. The molecule has 4 rings (SSSR count). The monoisotopic (exact) mass is 412 g/mol. The second-order valence-corrected chi connectivity index (χ2v) is 7.89. The first-order valence-corrected chi connectivity index (χ1v) is 10.2. The quantitative estimate of drug-likeness (QED) is 0.722. The Hall–Kier alpha value is -2.30. The highest BCUT2D eigenvalue weighted by atomic mass is 35.5. The van der Waals surface area contributed by atoms with E-state index in [1.807, 2.05) is 0 Å². The lowest BCUT2D eigenvalue weighted by molar-refractivity contribution is -0.143. The number of hydrogen-bond acceptors (Lipinski definition) is 3. The molecule has 29 heavy (non-hydrogen) atoms. The summed E-state index contributed by atoms with van der Waals surface area (Å²) in [5.74, 6) is -0.850. The van der Waals surface area contributed by atoms with Crippen LogP contribution in [0.25, 0.3) is 11.6 Å². The molecule has 2 aliphatic rings. The fourth-order valence-corrected chi connectivity index (χ4v) is 4.51. The molecule has 0 amide bonds. The van der Waals surface area contributed by atoms with E-state index in [9.17, 15) is 9.90 Å². The summed E-state index contributed by atoms with van der Waals surface area (Å²) in [4.78, 5) is 15.9. The first-order valence-electron chi connectivity index (χ1n) is 10.2. The van der Waals surface area contributed by atoms with Crippen molar-refractivity contribution in [1.29, 1.82) is 0 Å². The summed E-state index contributed by atoms with van der Waals surface area (Å²) in [6.45, 7) is 2.67. The normalized spacial score (nSPS) is 18.7. The third-order valence-electron chi connectivity index (χ3n) is 6.01. The van der Waals surface area contributed by atoms with Gasteiger partial charge in [0, 0.05) is 30.5 Å². The molecule has 4 nitrogen and oxygen atoms in total. The zero-order valence-electron chi connectivity index (χ0n) is 16.9. The summed E-state index contributed by atoms with van der Waals surface area (Å²) in [5, 5.41) is 9.30. The lowest BCUT2D eigenvalue weighted by atomic mass is 9.96. The zero-order valence-corrected chi connectivity index (χ0v) is 17.7. The molecule has 1 N–H and O–H groups in total. The highest BCUT2D eigenvalue weighted by Crippen LogP contribution is 2.40. The van der Waals surface area contributed by atoms with Gasteiger partial charge in [0.2, 0.25) is 0 Å². The van der Waals surface area contributed by atoms with Crippen molar-refractivity contribution >= 4 is 41.4 Å². The molecule has 154 valence electrons. The summed E-state index contributed by atoms with van der Waals surface area (Å²) in [6, 6.07) is 17.1. The lowest BCUT2D eigenvalue weighted by Crippen LogP contribution is -2.39. The molecule has 0 radical (unpaired) electrons. The van der Waals surface area contributed by atoms with E-state index < -0.39 is 5.97 Å². The molecule has 2 aliphatic heterocycles. The number of hydrogen-bond donors (Lipinski definition) is 1. The molecular formula is C24H29ClN2O2. The van der Waals surface area contributed by atoms with Gasteiger partial charge in [0.1, 0.15) is 0 Å². The van der Waals surface area contributed by atoms with Crippen molar-refractivity contribution in [2.24, 2.45) is 5.92 Å². The van der Waals surface area contributed by atoms with Crippen LogP contribution in [-0.4, -0.2) is 42.7 Å². The largest absolute Gasteiger partial charge is 0.481 e. The molecule has 1 saturated heterocycles. The number of aliphatic carboxylic acids is 1. The summed E-state index contributed by atoms with van der Waals surface area (Å²) >= 11 is 0. The fraction of sp³-hybridized carbons (Fsp3) is 0.375. The van der Waals surface area contributed by atoms with Crippen LogP contribution in [0.15, 0.2) is 48.5 Å². The third-order valence-corrected chi connectivity index (χ3v) is 6.01. The number of allylic oxidation sites excluding steroid dienone is 1. The molecule has 0 saturated carbocycles. The molecule has 2 aromatic carbocycles. The Bertz CT molecular complexity index is 896. The van der Waals surface area contributed by atoms with Crippen LogP contribution in [0.4, 0.5) is 11.4 Å². The molecule has 0 unspecified atom stereocenters. The average molecular weight is 413 g/mol. The van der Waals surface area contributed by atoms with Gasteiger partial charge in [-0.3, -0.25) is 4.79 Å². The molecule has 0 bridgehead atoms. The van der Waals surface area contributed by atoms with Crippen molar-refractivity contribution in [3.8, 4) is 0 Å². The van der Waals surface area contributed by atoms with E-state index in [0.29, 0.717) is 6.54 Å². The second-order valence-electron chi connectivity index (χ2n) is 7.89. The minimum atomic E-state index is -0.648. The van der Waals surface area contributed by atoms with Crippen LogP contribution in [0.2, 0.25) is 0 Å². The Labute approximate surface area is 179 Å². The van der Waals surface area contributed by atoms with Gasteiger partial charge in [-0.05, 0) is 68.1 Å². The van der Waals surface area contributed by atoms with Crippen molar-refractivity contribution in [2.75, 3.05) is 31.6 Å². The minimum Gasteiger partial charge on any atom is -0.481 e. The Kier molecular flexibility index (Phi) is 6.99. The van der Waals surface area contributed by atoms with Gasteiger partial charge in [-0.1, -0.05) is 36.4 Å². The topological polar surface area (TPSA) is 43.8 Å². The summed E-state index contributed by atoms with van der Waals surface area (Å²) < 4.78 is 0. The Balaban J connectivity index is 0.00000240. The van der Waals surface area contributed by atoms with Gasteiger partial charge in [0.05, 0.1) is 5.92 Å². The summed E-state index contributed by atoms with van der Waals surface area (Å²) in [7, 11) is 2.13. The maximum atomic E-state index is 11.3. The van der Waals surface area contributed by atoms with Gasteiger partial charge < -0.3 is 14.9 Å². The van der Waals surface area contributed by atoms with Crippen LogP contribution in [0.1, 0.15) is 36.8 Å². The number of piperidine rings is 1. The van der Waals surface area contributed by atoms with Crippen LogP contribution < -0.4 is 4.90 Å². The molecule has 0 aliphatic carbocycles. The van der Waals surface area contributed by atoms with Crippen LogP contribution >= 0.6 is 12.4 Å². The van der Waals surface area contributed by atoms with Crippen LogP contribution in [-0.2, 0) is 4.79 Å². The molecule has 0 aromatic heterocycles. The highest BCUT2D eigenvalue weighted by Gasteiger charge is 2.25. The van der Waals surface area contributed by atoms with E-state index in [4.69, 9.17) is 0 Å². The second kappa shape index (κ2) is 9.47. The van der Waals surface area contributed by atoms with Crippen molar-refractivity contribution in [1.82, 2.24) is 4.90 Å². The van der Waals surface area contributed by atoms with Crippen molar-refractivity contribution < 1.29 is 9.90 Å². The smallest absolute Gasteiger partial charge is 0.307 e. The van der Waals surface area contributed by atoms with Gasteiger partial charge in [-0.2, -0.15) is 0 Å². The Morgan fingerprint density at radius 1 is 1.10 bits per heavy atom. The van der Waals surface area contributed by atoms with Gasteiger partial charge in [0.25, 0.3) is 0 Å². The number of likely N-dealkylation sites (tertiary alicyclic amines) is 1. The number of carbonyl (C=O) groups is 1. The zero-order chi connectivity index (χ0) is 19.5. The number of rotatable bonds is 5. The number of carboxylic acid groups (broad SMARTS) is 1. The minimum absolute atomic E-state index is 0. The number of fused-ring (bicyclic) bond motifs is 2. The maximum Gasteiger partial charge on any atom is 0.307 e. The highest BCUT2D eigenvalue weighted by molar-refractivity contribution is 5.94. The number of anilines is 2. The summed E-state index contributed by atoms with van der Waals surface area (Å²) in [6.07, 6.45) is 6.16. The van der Waals surface area contributed by atoms with E-state index in [1.54, 1.807) is 0 Å². The first kappa shape index (κ1) is 21.4. The number of halogens is 1. The van der Waals surface area contributed by atoms with E-state index in [1.165, 1.54) is 28.1 Å². The average Bonchev–Trinajstić information content (AvgIpc) is 2.84. The van der Waals surface area contributed by atoms with E-state index >= 15 is 0 Å². The maximum absolute atomic E-state index is 11.3. The third kappa shape index (κ3) is 4.65. The number of para-hydroxylation sites is 2. The molecular weight excluding hydrogens is 384 g/mol. The van der Waals surface area contributed by atoms with Crippen molar-refractivity contribution in [3.63, 3.8) is 0 Å². The number of carboxylic acids is 1. The lowest BCUT2D eigenvalue weighted by Gasteiger charge is -2.30. The van der Waals surface area contributed by atoms with Gasteiger partial charge in [-0.15, -0.1) is 12.4 Å². The molecule has 1 atom stereocenters. The SMILES string of the molecule is CN1c2ccccc2C=C(CCCN2CCC[C@@H](C(=O)O)C2)c2ccccc21.Cl. The summed E-state index contributed by atoms with van der Waals surface area (Å²) in [5.41, 5.74) is 6.37. The van der Waals surface area contributed by atoms with Crippen LogP contribution in [0, 0.1) is 5.92 Å². The van der Waals surface area contributed by atoms with Gasteiger partial charge >= 0.3 is 5.97 Å². The fourth-order valence-electron chi connectivity index (χ4n) is 4.51. The van der Waals surface area contributed by atoms with Crippen LogP contribution in [0.3, 0.4) is 0 Å². The first-order chi connectivity index (χ1) is 13.6. The molecule has 2 aromatic rings. The van der Waals surface area contributed by atoms with Crippen molar-refractivity contribution in [3.05, 3.63) is 59.7 Å². The Morgan fingerprint density at radius 3 is 2.62 bits per heavy atom. The van der Waals surface area contributed by atoms with E-state index in [-0.39, 0.29) is 18.3 Å². The Morgan fingerprint density at radius 2 is 1.83 bits per heavy atom.